The molecule has 0 atom stereocenters. The maximum absolute atomic E-state index is 11.8. The fourth-order valence-electron chi connectivity index (χ4n) is 1.39. The molecule has 1 aromatic rings. The number of carbonyl (C=O) groups excluding carboxylic acids is 2. The molecule has 1 aromatic carbocycles. The van der Waals surface area contributed by atoms with E-state index in [2.05, 4.69) is 5.32 Å². The Hall–Kier alpha value is -2.43. The van der Waals surface area contributed by atoms with Crippen LogP contribution in [0.15, 0.2) is 35.9 Å². The molecule has 0 saturated heterocycles. The van der Waals surface area contributed by atoms with Crippen LogP contribution in [0.2, 0.25) is 0 Å². The van der Waals surface area contributed by atoms with Crippen molar-refractivity contribution in [2.24, 2.45) is 0 Å². The molecule has 0 heterocycles. The van der Waals surface area contributed by atoms with Crippen LogP contribution in [-0.2, 0) is 9.59 Å². The van der Waals surface area contributed by atoms with E-state index in [1.54, 1.807) is 12.1 Å². The monoisotopic (exact) mass is 247 g/mol. The molecule has 0 unspecified atom stereocenters. The highest BCUT2D eigenvalue weighted by atomic mass is 16.4. The highest BCUT2D eigenvalue weighted by molar-refractivity contribution is 6.10. The molecule has 0 spiro atoms. The van der Waals surface area contributed by atoms with Crippen LogP contribution in [0.3, 0.4) is 0 Å². The summed E-state index contributed by atoms with van der Waals surface area (Å²) in [4.78, 5) is 33.0. The lowest BCUT2D eigenvalue weighted by molar-refractivity contribution is -0.131. The fraction of sp³-hybridized carbons (Fsp3) is 0.154. The number of benzene rings is 1. The Bertz CT molecular complexity index is 514. The zero-order chi connectivity index (χ0) is 13.7. The molecule has 5 heteroatoms. The zero-order valence-electron chi connectivity index (χ0n) is 10.1. The second-order valence-electron chi connectivity index (χ2n) is 3.75. The molecule has 18 heavy (non-hydrogen) atoms. The van der Waals surface area contributed by atoms with Crippen molar-refractivity contribution in [2.75, 3.05) is 5.32 Å². The molecule has 0 fully saturated rings. The van der Waals surface area contributed by atoms with Gasteiger partial charge in [0, 0.05) is 29.8 Å². The summed E-state index contributed by atoms with van der Waals surface area (Å²) >= 11 is 0. The molecule has 0 saturated carbocycles. The Balaban J connectivity index is 2.88. The zero-order valence-corrected chi connectivity index (χ0v) is 10.1. The van der Waals surface area contributed by atoms with Crippen LogP contribution in [0.4, 0.5) is 5.69 Å². The van der Waals surface area contributed by atoms with E-state index in [-0.39, 0.29) is 17.3 Å². The van der Waals surface area contributed by atoms with E-state index in [0.29, 0.717) is 11.3 Å². The third-order valence-electron chi connectivity index (χ3n) is 2.17. The summed E-state index contributed by atoms with van der Waals surface area (Å²) in [7, 11) is 0. The minimum absolute atomic E-state index is 0.148. The van der Waals surface area contributed by atoms with Crippen LogP contribution in [0.1, 0.15) is 24.2 Å². The maximum Gasteiger partial charge on any atom is 0.328 e. The first-order valence-corrected chi connectivity index (χ1v) is 5.23. The second kappa shape index (κ2) is 5.77. The first-order chi connectivity index (χ1) is 8.40. The lowest BCUT2D eigenvalue weighted by atomic mass is 10.0. The summed E-state index contributed by atoms with van der Waals surface area (Å²) < 4.78 is 0. The Kier molecular flexibility index (Phi) is 4.37. The van der Waals surface area contributed by atoms with E-state index >= 15 is 0 Å². The topological polar surface area (TPSA) is 83.5 Å². The van der Waals surface area contributed by atoms with Gasteiger partial charge in [0.1, 0.15) is 0 Å². The second-order valence-corrected chi connectivity index (χ2v) is 3.75. The smallest absolute Gasteiger partial charge is 0.328 e. The van der Waals surface area contributed by atoms with Crippen LogP contribution in [0.25, 0.3) is 0 Å². The first-order valence-electron chi connectivity index (χ1n) is 5.23. The first kappa shape index (κ1) is 13.6. The summed E-state index contributed by atoms with van der Waals surface area (Å²) in [6.45, 7) is 2.83. The predicted octanol–water partition coefficient (Wildman–Crippen LogP) is 1.86. The van der Waals surface area contributed by atoms with Crippen LogP contribution in [-0.4, -0.2) is 22.8 Å². The van der Waals surface area contributed by atoms with Crippen LogP contribution in [0.5, 0.6) is 0 Å². The average Bonchev–Trinajstić information content (AvgIpc) is 2.27. The van der Waals surface area contributed by atoms with Gasteiger partial charge in [-0.15, -0.1) is 0 Å². The van der Waals surface area contributed by atoms with E-state index in [4.69, 9.17) is 5.11 Å². The number of anilines is 1. The SMILES string of the molecule is CC(=O)Nc1ccc(C(=O)C(C)=CC(=O)O)cc1. The number of amides is 1. The number of aliphatic carboxylic acids is 1. The Morgan fingerprint density at radius 3 is 2.11 bits per heavy atom. The van der Waals surface area contributed by atoms with Gasteiger partial charge in [-0.2, -0.15) is 0 Å². The van der Waals surface area contributed by atoms with Gasteiger partial charge in [-0.25, -0.2) is 4.79 Å². The van der Waals surface area contributed by atoms with Gasteiger partial charge in [0.05, 0.1) is 0 Å². The average molecular weight is 247 g/mol. The summed E-state index contributed by atoms with van der Waals surface area (Å²) in [6, 6.07) is 6.24. The molecule has 0 aliphatic carbocycles. The van der Waals surface area contributed by atoms with E-state index in [1.165, 1.54) is 26.0 Å². The van der Waals surface area contributed by atoms with Crippen molar-refractivity contribution in [1.82, 2.24) is 0 Å². The van der Waals surface area contributed by atoms with E-state index in [9.17, 15) is 14.4 Å². The normalized spacial score (nSPS) is 10.9. The lowest BCUT2D eigenvalue weighted by Gasteiger charge is -2.04. The molecule has 2 N–H and O–H groups in total. The van der Waals surface area contributed by atoms with Crippen molar-refractivity contribution in [3.63, 3.8) is 0 Å². The number of carboxylic acid groups (broad SMARTS) is 1. The number of Topliss-reactive ketones (excluding diaryl/α,β-unsaturated/α-hetero) is 1. The number of rotatable bonds is 4. The molecular weight excluding hydrogens is 234 g/mol. The van der Waals surface area contributed by atoms with Crippen molar-refractivity contribution >= 4 is 23.3 Å². The quantitative estimate of drug-likeness (QED) is 0.628. The minimum Gasteiger partial charge on any atom is -0.478 e. The predicted molar refractivity (Wildman–Crippen MR) is 66.5 cm³/mol. The van der Waals surface area contributed by atoms with Crippen LogP contribution < -0.4 is 5.32 Å². The fourth-order valence-corrected chi connectivity index (χ4v) is 1.39. The van der Waals surface area contributed by atoms with E-state index < -0.39 is 5.97 Å². The van der Waals surface area contributed by atoms with Gasteiger partial charge in [0.15, 0.2) is 5.78 Å². The van der Waals surface area contributed by atoms with Gasteiger partial charge >= 0.3 is 5.97 Å². The van der Waals surface area contributed by atoms with Crippen molar-refractivity contribution in [3.8, 4) is 0 Å². The molecular formula is C13H13NO4. The number of carboxylic acids is 1. The highest BCUT2D eigenvalue weighted by Gasteiger charge is 2.09. The molecule has 5 nitrogen and oxygen atoms in total. The molecule has 0 bridgehead atoms. The summed E-state index contributed by atoms with van der Waals surface area (Å²) in [5.41, 5.74) is 1.10. The standard InChI is InChI=1S/C13H13NO4/c1-8(7-12(16)17)13(18)10-3-5-11(6-4-10)14-9(2)15/h3-7H,1-2H3,(H,14,15)(H,16,17). The molecule has 0 aromatic heterocycles. The number of ketones is 1. The molecule has 0 aliphatic rings. The molecule has 94 valence electrons. The van der Waals surface area contributed by atoms with E-state index in [1.807, 2.05) is 0 Å². The van der Waals surface area contributed by atoms with Crippen molar-refractivity contribution < 1.29 is 19.5 Å². The number of hydrogen-bond donors (Lipinski definition) is 2. The molecule has 1 amide bonds. The van der Waals surface area contributed by atoms with Crippen molar-refractivity contribution in [2.45, 2.75) is 13.8 Å². The van der Waals surface area contributed by atoms with Gasteiger partial charge in [-0.05, 0) is 31.2 Å². The van der Waals surface area contributed by atoms with Gasteiger partial charge in [0.2, 0.25) is 5.91 Å². The summed E-state index contributed by atoms with van der Waals surface area (Å²) in [5, 5.41) is 11.1. The number of carbonyl (C=O) groups is 3. The van der Waals surface area contributed by atoms with Crippen LogP contribution in [0, 0.1) is 0 Å². The van der Waals surface area contributed by atoms with Gasteiger partial charge in [-0.3, -0.25) is 9.59 Å². The Morgan fingerprint density at radius 2 is 1.67 bits per heavy atom. The van der Waals surface area contributed by atoms with Gasteiger partial charge in [-0.1, -0.05) is 0 Å². The summed E-state index contributed by atoms with van der Waals surface area (Å²) in [6.07, 6.45) is 0.865. The third-order valence-corrected chi connectivity index (χ3v) is 2.17. The largest absolute Gasteiger partial charge is 0.478 e. The minimum atomic E-state index is -1.16. The van der Waals surface area contributed by atoms with Crippen molar-refractivity contribution in [3.05, 3.63) is 41.5 Å². The third kappa shape index (κ3) is 3.86. The number of allylic oxidation sites excluding steroid dienone is 1. The summed E-state index contributed by atoms with van der Waals surface area (Å²) in [5.74, 6) is -1.71. The Labute approximate surface area is 104 Å². The highest BCUT2D eigenvalue weighted by Crippen LogP contribution is 2.13. The Morgan fingerprint density at radius 1 is 1.11 bits per heavy atom. The van der Waals surface area contributed by atoms with Crippen LogP contribution >= 0.6 is 0 Å². The van der Waals surface area contributed by atoms with Gasteiger partial charge < -0.3 is 10.4 Å². The maximum atomic E-state index is 11.8. The lowest BCUT2D eigenvalue weighted by Crippen LogP contribution is -2.07. The van der Waals surface area contributed by atoms with E-state index in [0.717, 1.165) is 6.08 Å². The van der Waals surface area contributed by atoms with Gasteiger partial charge in [0.25, 0.3) is 0 Å². The molecule has 0 aliphatic heterocycles. The molecule has 1 rings (SSSR count). The number of hydrogen-bond acceptors (Lipinski definition) is 3. The number of nitrogens with one attached hydrogen (secondary N) is 1. The van der Waals surface area contributed by atoms with Crippen molar-refractivity contribution in [1.29, 1.82) is 0 Å². The molecule has 0 radical (unpaired) electrons.